The highest BCUT2D eigenvalue weighted by atomic mass is 16.6. The van der Waals surface area contributed by atoms with Crippen molar-refractivity contribution in [3.63, 3.8) is 0 Å². The van der Waals surface area contributed by atoms with E-state index in [0.717, 1.165) is 38.2 Å². The van der Waals surface area contributed by atoms with Crippen molar-refractivity contribution in [2.24, 2.45) is 5.92 Å². The predicted molar refractivity (Wildman–Crippen MR) is 127 cm³/mol. The van der Waals surface area contributed by atoms with Crippen LogP contribution in [0, 0.1) is 5.92 Å². The zero-order chi connectivity index (χ0) is 23.0. The zero-order valence-corrected chi connectivity index (χ0v) is 19.8. The van der Waals surface area contributed by atoms with Crippen molar-refractivity contribution < 1.29 is 24.1 Å². The van der Waals surface area contributed by atoms with E-state index in [0.29, 0.717) is 49.5 Å². The minimum absolute atomic E-state index is 0.0455. The molecule has 8 heteroatoms. The number of piperidine rings is 1. The van der Waals surface area contributed by atoms with Gasteiger partial charge in [0, 0.05) is 51.0 Å². The molecule has 2 aliphatic heterocycles. The van der Waals surface area contributed by atoms with Crippen molar-refractivity contribution in [2.75, 3.05) is 58.4 Å². The smallest absolute Gasteiger partial charge is 0.255 e. The average molecular weight is 462 g/mol. The lowest BCUT2D eigenvalue weighted by atomic mass is 9.93. The van der Waals surface area contributed by atoms with Gasteiger partial charge in [-0.15, -0.1) is 0 Å². The molecule has 1 saturated heterocycles. The average Bonchev–Trinajstić information content (AvgIpc) is 2.85. The Bertz CT molecular complexity index is 784. The van der Waals surface area contributed by atoms with E-state index in [2.05, 4.69) is 15.5 Å². The minimum Gasteiger partial charge on any atom is -0.486 e. The van der Waals surface area contributed by atoms with Gasteiger partial charge in [-0.2, -0.15) is 0 Å². The van der Waals surface area contributed by atoms with Crippen molar-refractivity contribution in [3.05, 3.63) is 17.7 Å². The van der Waals surface area contributed by atoms with Gasteiger partial charge in [0.1, 0.15) is 13.2 Å². The van der Waals surface area contributed by atoms with Crippen LogP contribution in [-0.2, 0) is 4.74 Å². The highest BCUT2D eigenvalue weighted by Crippen LogP contribution is 2.37. The maximum Gasteiger partial charge on any atom is 0.255 e. The van der Waals surface area contributed by atoms with Crippen LogP contribution in [0.25, 0.3) is 0 Å². The first-order valence-electron chi connectivity index (χ1n) is 12.6. The molecule has 1 aromatic carbocycles. The predicted octanol–water partition coefficient (Wildman–Crippen LogP) is 2.65. The molecule has 1 aliphatic carbocycles. The van der Waals surface area contributed by atoms with E-state index in [1.54, 1.807) is 13.1 Å². The number of fused-ring (bicyclic) bond motifs is 1. The topological polar surface area (TPSA) is 92.3 Å². The Morgan fingerprint density at radius 2 is 2.00 bits per heavy atom. The number of carbonyl (C=O) groups excluding carboxylic acids is 1. The highest BCUT2D eigenvalue weighted by molar-refractivity contribution is 5.99. The maximum absolute atomic E-state index is 12.9. The molecular formula is C25H39N3O5. The molecule has 0 unspecified atom stereocenters. The summed E-state index contributed by atoms with van der Waals surface area (Å²) >= 11 is 0. The number of likely N-dealkylation sites (tertiary alicyclic amines) is 1. The second-order valence-electron chi connectivity index (χ2n) is 9.41. The van der Waals surface area contributed by atoms with Crippen molar-refractivity contribution in [2.45, 2.75) is 57.2 Å². The summed E-state index contributed by atoms with van der Waals surface area (Å²) in [7, 11) is 1.80. The van der Waals surface area contributed by atoms with E-state index in [9.17, 15) is 9.90 Å². The number of aliphatic hydroxyl groups excluding tert-OH is 1. The Hall–Kier alpha value is -2.03. The first-order valence-corrected chi connectivity index (χ1v) is 12.6. The molecule has 1 amide bonds. The lowest BCUT2D eigenvalue weighted by Gasteiger charge is -2.36. The van der Waals surface area contributed by atoms with Crippen molar-refractivity contribution in [3.8, 4) is 11.5 Å². The number of hydrogen-bond acceptors (Lipinski definition) is 7. The van der Waals surface area contributed by atoms with Gasteiger partial charge >= 0.3 is 0 Å². The van der Waals surface area contributed by atoms with E-state index < -0.39 is 6.10 Å². The molecule has 3 N–H and O–H groups in total. The summed E-state index contributed by atoms with van der Waals surface area (Å²) < 4.78 is 17.4. The number of rotatable bonds is 9. The monoisotopic (exact) mass is 461 g/mol. The molecule has 2 atom stereocenters. The highest BCUT2D eigenvalue weighted by Gasteiger charge is 2.29. The second kappa shape index (κ2) is 11.9. The van der Waals surface area contributed by atoms with Gasteiger partial charge in [0.2, 0.25) is 0 Å². The second-order valence-corrected chi connectivity index (χ2v) is 9.41. The Kier molecular flexibility index (Phi) is 8.69. The van der Waals surface area contributed by atoms with Crippen LogP contribution in [0.5, 0.6) is 11.5 Å². The first kappa shape index (κ1) is 24.1. The number of nitrogens with one attached hydrogen (secondary N) is 2. The molecule has 184 valence electrons. The summed E-state index contributed by atoms with van der Waals surface area (Å²) in [6.45, 7) is 4.67. The minimum atomic E-state index is -0.449. The lowest BCUT2D eigenvalue weighted by molar-refractivity contribution is 0.00425. The third-order valence-corrected chi connectivity index (χ3v) is 7.03. The number of nitrogens with zero attached hydrogens (tertiary/aromatic N) is 1. The summed E-state index contributed by atoms with van der Waals surface area (Å²) in [6, 6.07) is 3.61. The van der Waals surface area contributed by atoms with Crippen molar-refractivity contribution in [1.29, 1.82) is 0 Å². The van der Waals surface area contributed by atoms with E-state index in [1.165, 1.54) is 32.1 Å². The molecule has 0 radical (unpaired) electrons. The van der Waals surface area contributed by atoms with Crippen LogP contribution < -0.4 is 20.1 Å². The number of β-amino-alcohol motifs (C(OH)–C–C–N with tert-alkyl or cyclic N) is 1. The molecule has 0 spiro atoms. The van der Waals surface area contributed by atoms with Gasteiger partial charge in [-0.1, -0.05) is 19.3 Å². The molecular weight excluding hydrogens is 422 g/mol. The number of benzene rings is 1. The molecule has 3 aliphatic rings. The molecule has 2 fully saturated rings. The van der Waals surface area contributed by atoms with Crippen LogP contribution in [0.1, 0.15) is 55.3 Å². The van der Waals surface area contributed by atoms with Gasteiger partial charge in [-0.05, 0) is 38.3 Å². The summed E-state index contributed by atoms with van der Waals surface area (Å²) in [4.78, 5) is 15.2. The number of carbonyl (C=O) groups is 1. The molecule has 2 heterocycles. The van der Waals surface area contributed by atoms with E-state index in [-0.39, 0.29) is 11.8 Å². The summed E-state index contributed by atoms with van der Waals surface area (Å²) in [5, 5.41) is 16.7. The van der Waals surface area contributed by atoms with Crippen LogP contribution in [-0.4, -0.2) is 81.2 Å². The first-order chi connectivity index (χ1) is 16.1. The Labute approximate surface area is 197 Å². The maximum atomic E-state index is 12.9. The zero-order valence-electron chi connectivity index (χ0n) is 19.8. The Morgan fingerprint density at radius 3 is 2.79 bits per heavy atom. The van der Waals surface area contributed by atoms with Crippen LogP contribution >= 0.6 is 0 Å². The number of ether oxygens (including phenoxy) is 3. The van der Waals surface area contributed by atoms with Crippen molar-refractivity contribution in [1.82, 2.24) is 10.2 Å². The summed E-state index contributed by atoms with van der Waals surface area (Å²) in [6.07, 6.45) is 8.22. The molecule has 1 saturated carbocycles. The molecule has 1 aromatic rings. The molecule has 0 bridgehead atoms. The number of hydrogen-bond donors (Lipinski definition) is 3. The Morgan fingerprint density at radius 1 is 1.18 bits per heavy atom. The van der Waals surface area contributed by atoms with Crippen LogP contribution in [0.15, 0.2) is 12.1 Å². The molecule has 33 heavy (non-hydrogen) atoms. The van der Waals surface area contributed by atoms with Crippen LogP contribution in [0.4, 0.5) is 5.69 Å². The van der Waals surface area contributed by atoms with E-state index in [4.69, 9.17) is 14.2 Å². The normalized spacial score (nSPS) is 23.8. The van der Waals surface area contributed by atoms with E-state index >= 15 is 0 Å². The van der Waals surface area contributed by atoms with Crippen LogP contribution in [0.3, 0.4) is 0 Å². The standard InChI is InChI=1S/C25H39N3O5/c1-26-19-14-21(24-23(15-19)32-12-13-33-24)25(30)27-16-18-8-10-28(17-22(18)29)9-5-11-31-20-6-3-2-4-7-20/h14-15,18,20,22,26,29H,2-13,16-17H2,1H3,(H,27,30)/t18-,22+/m0/s1. The van der Waals surface area contributed by atoms with E-state index in [1.807, 2.05) is 6.07 Å². The third kappa shape index (κ3) is 6.52. The Balaban J connectivity index is 1.20. The van der Waals surface area contributed by atoms with Gasteiger partial charge in [0.05, 0.1) is 17.8 Å². The molecule has 0 aromatic heterocycles. The van der Waals surface area contributed by atoms with Gasteiger partial charge in [-0.25, -0.2) is 0 Å². The fourth-order valence-corrected chi connectivity index (χ4v) is 5.04. The summed E-state index contributed by atoms with van der Waals surface area (Å²) in [5.74, 6) is 0.912. The van der Waals surface area contributed by atoms with Gasteiger partial charge in [-0.3, -0.25) is 4.79 Å². The quantitative estimate of drug-likeness (QED) is 0.487. The SMILES string of the molecule is CNc1cc2c(c(C(=O)NC[C@@H]3CCN(CCCOC4CCCCC4)C[C@H]3O)c1)OCCO2. The fourth-order valence-electron chi connectivity index (χ4n) is 5.04. The molecule has 4 rings (SSSR count). The fraction of sp³-hybridized carbons (Fsp3) is 0.720. The largest absolute Gasteiger partial charge is 0.486 e. The third-order valence-electron chi connectivity index (χ3n) is 7.03. The van der Waals surface area contributed by atoms with Crippen molar-refractivity contribution >= 4 is 11.6 Å². The van der Waals surface area contributed by atoms with Gasteiger partial charge in [0.25, 0.3) is 5.91 Å². The lowest BCUT2D eigenvalue weighted by Crippen LogP contribution is -2.48. The number of aliphatic hydroxyl groups is 1. The molecule has 8 nitrogen and oxygen atoms in total. The number of anilines is 1. The van der Waals surface area contributed by atoms with Crippen LogP contribution in [0.2, 0.25) is 0 Å². The summed E-state index contributed by atoms with van der Waals surface area (Å²) in [5.41, 5.74) is 1.26. The van der Waals surface area contributed by atoms with Gasteiger partial charge in [0.15, 0.2) is 11.5 Å². The van der Waals surface area contributed by atoms with Gasteiger partial charge < -0.3 is 34.9 Å². The number of amides is 1.